The Balaban J connectivity index is 1.46. The van der Waals surface area contributed by atoms with E-state index in [9.17, 15) is 0 Å². The summed E-state index contributed by atoms with van der Waals surface area (Å²) in [6.07, 6.45) is 6.11. The molecule has 1 aromatic rings. The van der Waals surface area contributed by atoms with Crippen LogP contribution in [0.4, 0.5) is 0 Å². The van der Waals surface area contributed by atoms with Gasteiger partial charge in [0.2, 0.25) is 0 Å². The first-order chi connectivity index (χ1) is 13.7. The summed E-state index contributed by atoms with van der Waals surface area (Å²) in [6, 6.07) is 6.51. The number of likely N-dealkylation sites (tertiary alicyclic amines) is 1. The quantitative estimate of drug-likeness (QED) is 0.622. The second kappa shape index (κ2) is 8.60. The fourth-order valence-electron chi connectivity index (χ4n) is 4.97. The van der Waals surface area contributed by atoms with Crippen molar-refractivity contribution in [1.29, 1.82) is 0 Å². The highest BCUT2D eigenvalue weighted by Crippen LogP contribution is 2.43. The molecule has 0 spiro atoms. The van der Waals surface area contributed by atoms with Crippen molar-refractivity contribution < 1.29 is 14.2 Å². The minimum atomic E-state index is 0.136. The molecule has 1 saturated heterocycles. The van der Waals surface area contributed by atoms with Crippen LogP contribution in [0.25, 0.3) is 0 Å². The zero-order chi connectivity index (χ0) is 19.4. The number of nitrogens with one attached hydrogen (secondary N) is 1. The van der Waals surface area contributed by atoms with Crippen molar-refractivity contribution in [3.05, 3.63) is 23.8 Å². The van der Waals surface area contributed by atoms with E-state index in [1.54, 1.807) is 7.11 Å². The summed E-state index contributed by atoms with van der Waals surface area (Å²) in [5, 5.41) is 3.70. The maximum absolute atomic E-state index is 5.84. The maximum atomic E-state index is 5.84. The number of methoxy groups -OCH3 is 1. The summed E-state index contributed by atoms with van der Waals surface area (Å²) in [7, 11) is 3.67. The summed E-state index contributed by atoms with van der Waals surface area (Å²) in [4.78, 5) is 6.94. The van der Waals surface area contributed by atoms with Crippen molar-refractivity contribution in [1.82, 2.24) is 10.2 Å². The summed E-state index contributed by atoms with van der Waals surface area (Å²) >= 11 is 0. The number of hydrogen-bond acceptors (Lipinski definition) is 4. The van der Waals surface area contributed by atoms with E-state index in [4.69, 9.17) is 14.2 Å². The minimum Gasteiger partial charge on any atom is -0.486 e. The number of hydrogen-bond donors (Lipinski definition) is 1. The van der Waals surface area contributed by atoms with Crippen LogP contribution >= 0.6 is 0 Å². The molecular weight excluding hydrogens is 354 g/mol. The predicted octanol–water partition coefficient (Wildman–Crippen LogP) is 2.81. The van der Waals surface area contributed by atoms with Gasteiger partial charge in [-0.2, -0.15) is 0 Å². The van der Waals surface area contributed by atoms with Crippen LogP contribution < -0.4 is 14.8 Å². The van der Waals surface area contributed by atoms with E-state index in [0.29, 0.717) is 19.1 Å². The Morgan fingerprint density at radius 1 is 1.25 bits per heavy atom. The standard InChI is InChI=1S/C22H33N3O3/c1-23-21(25-10-7-17(14-25)15-26-2)24-16-22(8-3-4-9-22)18-5-6-19-20(13-18)28-12-11-27-19/h5-6,13,17H,3-4,7-12,14-16H2,1-2H3,(H,23,24). The summed E-state index contributed by atoms with van der Waals surface area (Å²) in [5.74, 6) is 3.37. The van der Waals surface area contributed by atoms with E-state index in [-0.39, 0.29) is 5.41 Å². The fourth-order valence-corrected chi connectivity index (χ4v) is 4.97. The summed E-state index contributed by atoms with van der Waals surface area (Å²) in [6.45, 7) is 5.07. The lowest BCUT2D eigenvalue weighted by atomic mass is 9.78. The topological polar surface area (TPSA) is 55.3 Å². The average molecular weight is 388 g/mol. The Morgan fingerprint density at radius 3 is 2.79 bits per heavy atom. The van der Waals surface area contributed by atoms with Crippen LogP contribution in [0.15, 0.2) is 23.2 Å². The number of fused-ring (bicyclic) bond motifs is 1. The third-order valence-corrected chi connectivity index (χ3v) is 6.50. The maximum Gasteiger partial charge on any atom is 0.193 e. The molecule has 0 amide bonds. The molecule has 1 atom stereocenters. The number of guanidine groups is 1. The van der Waals surface area contributed by atoms with Crippen LogP contribution in [-0.4, -0.2) is 64.5 Å². The van der Waals surface area contributed by atoms with Crippen LogP contribution in [0, 0.1) is 5.92 Å². The smallest absolute Gasteiger partial charge is 0.193 e. The van der Waals surface area contributed by atoms with Gasteiger partial charge in [-0.3, -0.25) is 4.99 Å². The lowest BCUT2D eigenvalue weighted by molar-refractivity contribution is 0.157. The van der Waals surface area contributed by atoms with Crippen molar-refractivity contribution in [3.63, 3.8) is 0 Å². The molecule has 1 saturated carbocycles. The van der Waals surface area contributed by atoms with E-state index in [1.165, 1.54) is 37.7 Å². The molecule has 0 radical (unpaired) electrons. The van der Waals surface area contributed by atoms with Crippen LogP contribution in [0.2, 0.25) is 0 Å². The highest BCUT2D eigenvalue weighted by molar-refractivity contribution is 5.80. The minimum absolute atomic E-state index is 0.136. The van der Waals surface area contributed by atoms with Crippen molar-refractivity contribution in [2.24, 2.45) is 10.9 Å². The zero-order valence-electron chi connectivity index (χ0n) is 17.2. The first-order valence-corrected chi connectivity index (χ1v) is 10.6. The second-order valence-corrected chi connectivity index (χ2v) is 8.30. The first-order valence-electron chi connectivity index (χ1n) is 10.6. The van der Waals surface area contributed by atoms with Crippen LogP contribution in [-0.2, 0) is 10.2 Å². The van der Waals surface area contributed by atoms with Gasteiger partial charge in [-0.1, -0.05) is 18.9 Å². The Kier molecular flexibility index (Phi) is 5.95. The highest BCUT2D eigenvalue weighted by atomic mass is 16.6. The number of nitrogens with zero attached hydrogens (tertiary/aromatic N) is 2. The molecule has 6 heteroatoms. The van der Waals surface area contributed by atoms with Gasteiger partial charge < -0.3 is 24.4 Å². The van der Waals surface area contributed by atoms with Gasteiger partial charge in [0.25, 0.3) is 0 Å². The molecule has 2 fully saturated rings. The lowest BCUT2D eigenvalue weighted by Crippen LogP contribution is -2.46. The van der Waals surface area contributed by atoms with Gasteiger partial charge in [-0.15, -0.1) is 0 Å². The van der Waals surface area contributed by atoms with E-state index in [2.05, 4.69) is 33.4 Å². The summed E-state index contributed by atoms with van der Waals surface area (Å²) < 4.78 is 16.9. The van der Waals surface area contributed by atoms with Gasteiger partial charge in [0, 0.05) is 45.1 Å². The fraction of sp³-hybridized carbons (Fsp3) is 0.682. The average Bonchev–Trinajstić information content (AvgIpc) is 3.39. The predicted molar refractivity (Wildman–Crippen MR) is 110 cm³/mol. The molecule has 4 rings (SSSR count). The molecule has 154 valence electrons. The van der Waals surface area contributed by atoms with E-state index in [1.807, 2.05) is 7.05 Å². The lowest BCUT2D eigenvalue weighted by Gasteiger charge is -2.33. The largest absolute Gasteiger partial charge is 0.486 e. The van der Waals surface area contributed by atoms with Crippen molar-refractivity contribution in [2.75, 3.05) is 53.6 Å². The third-order valence-electron chi connectivity index (χ3n) is 6.50. The second-order valence-electron chi connectivity index (χ2n) is 8.30. The molecule has 3 aliphatic rings. The summed E-state index contributed by atoms with van der Waals surface area (Å²) in [5.41, 5.74) is 1.49. The van der Waals surface area contributed by atoms with Crippen LogP contribution in [0.3, 0.4) is 0 Å². The molecular formula is C22H33N3O3. The molecule has 2 heterocycles. The molecule has 28 heavy (non-hydrogen) atoms. The number of aliphatic imine (C=N–C) groups is 1. The third kappa shape index (κ3) is 3.93. The Hall–Kier alpha value is -1.95. The van der Waals surface area contributed by atoms with Gasteiger partial charge in [0.05, 0.1) is 6.61 Å². The molecule has 1 aromatic carbocycles. The molecule has 0 bridgehead atoms. The number of rotatable bonds is 5. The molecule has 0 aromatic heterocycles. The van der Waals surface area contributed by atoms with Gasteiger partial charge in [0.1, 0.15) is 13.2 Å². The van der Waals surface area contributed by atoms with Crippen LogP contribution in [0.5, 0.6) is 11.5 Å². The van der Waals surface area contributed by atoms with Gasteiger partial charge in [0.15, 0.2) is 17.5 Å². The monoisotopic (exact) mass is 387 g/mol. The Bertz CT molecular complexity index is 700. The molecule has 2 aliphatic heterocycles. The normalized spacial score (nSPS) is 23.9. The van der Waals surface area contributed by atoms with E-state index in [0.717, 1.165) is 43.7 Å². The van der Waals surface area contributed by atoms with Gasteiger partial charge >= 0.3 is 0 Å². The Labute approximate surface area is 168 Å². The van der Waals surface area contributed by atoms with Crippen LogP contribution in [0.1, 0.15) is 37.7 Å². The van der Waals surface area contributed by atoms with Crippen molar-refractivity contribution in [2.45, 2.75) is 37.5 Å². The number of ether oxygens (including phenoxy) is 3. The van der Waals surface area contributed by atoms with Crippen molar-refractivity contribution >= 4 is 5.96 Å². The Morgan fingerprint density at radius 2 is 2.04 bits per heavy atom. The zero-order valence-corrected chi connectivity index (χ0v) is 17.2. The van der Waals surface area contributed by atoms with E-state index < -0.39 is 0 Å². The SMILES string of the molecule is CN=C(NCC1(c2ccc3c(c2)OCCO3)CCCC1)N1CCC(COC)C1. The number of benzene rings is 1. The molecule has 1 N–H and O–H groups in total. The van der Waals surface area contributed by atoms with E-state index >= 15 is 0 Å². The van der Waals surface area contributed by atoms with Gasteiger partial charge in [-0.25, -0.2) is 0 Å². The molecule has 6 nitrogen and oxygen atoms in total. The van der Waals surface area contributed by atoms with Gasteiger partial charge in [-0.05, 0) is 37.0 Å². The first kappa shape index (κ1) is 19.4. The molecule has 1 aliphatic carbocycles. The molecule has 1 unspecified atom stereocenters. The highest BCUT2D eigenvalue weighted by Gasteiger charge is 2.37. The van der Waals surface area contributed by atoms with Crippen molar-refractivity contribution in [3.8, 4) is 11.5 Å².